The van der Waals surface area contributed by atoms with Gasteiger partial charge < -0.3 is 10.1 Å². The van der Waals surface area contributed by atoms with Crippen molar-refractivity contribution in [3.05, 3.63) is 98.4 Å². The number of carbonyl (C=O) groups excluding carboxylic acids is 1. The first-order valence-electron chi connectivity index (χ1n) is 9.40. The largest absolute Gasteiger partial charge is 0.489 e. The predicted molar refractivity (Wildman–Crippen MR) is 123 cm³/mol. The number of rotatable bonds is 7. The highest BCUT2D eigenvalue weighted by molar-refractivity contribution is 9.10. The molecular weight excluding hydrogens is 462 g/mol. The Kier molecular flexibility index (Phi) is 6.30. The Hall–Kier alpha value is -2.90. The number of halogens is 1. The molecule has 0 saturated heterocycles. The molecule has 1 N–H and O–H groups in total. The van der Waals surface area contributed by atoms with Crippen LogP contribution in [-0.2, 0) is 13.2 Å². The summed E-state index contributed by atoms with van der Waals surface area (Å²) in [6.07, 6.45) is 3.67. The lowest BCUT2D eigenvalue weighted by atomic mass is 10.2. The van der Waals surface area contributed by atoms with Gasteiger partial charge in [0.15, 0.2) is 0 Å². The van der Waals surface area contributed by atoms with E-state index in [1.165, 1.54) is 16.9 Å². The van der Waals surface area contributed by atoms with E-state index >= 15 is 0 Å². The fourth-order valence-electron chi connectivity index (χ4n) is 2.92. The Balaban J connectivity index is 1.36. The molecule has 4 aromatic rings. The average Bonchev–Trinajstić information content (AvgIpc) is 3.37. The minimum atomic E-state index is -0.124. The van der Waals surface area contributed by atoms with Crippen molar-refractivity contribution in [2.45, 2.75) is 20.1 Å². The van der Waals surface area contributed by atoms with E-state index in [4.69, 9.17) is 4.74 Å². The molecule has 0 saturated carbocycles. The summed E-state index contributed by atoms with van der Waals surface area (Å²) in [4.78, 5) is 13.3. The first-order valence-corrected chi connectivity index (χ1v) is 11.1. The number of benzene rings is 2. The Morgan fingerprint density at radius 1 is 1.17 bits per heavy atom. The molecule has 0 aliphatic heterocycles. The van der Waals surface area contributed by atoms with Crippen LogP contribution in [0.25, 0.3) is 0 Å². The van der Waals surface area contributed by atoms with Crippen LogP contribution in [0.3, 0.4) is 0 Å². The molecule has 5 nitrogen and oxygen atoms in total. The van der Waals surface area contributed by atoms with E-state index in [0.717, 1.165) is 27.0 Å². The van der Waals surface area contributed by atoms with Crippen molar-refractivity contribution < 1.29 is 9.53 Å². The maximum Gasteiger partial charge on any atom is 0.265 e. The van der Waals surface area contributed by atoms with Crippen LogP contribution in [0, 0.1) is 6.92 Å². The molecule has 0 spiro atoms. The van der Waals surface area contributed by atoms with E-state index in [0.29, 0.717) is 18.0 Å². The lowest BCUT2D eigenvalue weighted by Crippen LogP contribution is -2.10. The number of anilines is 1. The van der Waals surface area contributed by atoms with Gasteiger partial charge in [0.2, 0.25) is 0 Å². The number of hydrogen-bond donors (Lipinski definition) is 1. The van der Waals surface area contributed by atoms with Gasteiger partial charge in [-0.1, -0.05) is 29.8 Å². The van der Waals surface area contributed by atoms with Crippen LogP contribution in [-0.4, -0.2) is 15.7 Å². The molecule has 152 valence electrons. The highest BCUT2D eigenvalue weighted by Gasteiger charge is 2.11. The van der Waals surface area contributed by atoms with Crippen molar-refractivity contribution in [1.29, 1.82) is 0 Å². The van der Waals surface area contributed by atoms with Crippen molar-refractivity contribution in [3.8, 4) is 5.75 Å². The number of thiophene rings is 1. The third kappa shape index (κ3) is 5.37. The normalized spacial score (nSPS) is 10.7. The molecule has 0 unspecified atom stereocenters. The van der Waals surface area contributed by atoms with Gasteiger partial charge in [0.1, 0.15) is 12.4 Å². The van der Waals surface area contributed by atoms with Crippen LogP contribution in [0.15, 0.2) is 76.8 Å². The fourth-order valence-corrected chi connectivity index (χ4v) is 4.04. The second-order valence-electron chi connectivity index (χ2n) is 6.93. The molecule has 30 heavy (non-hydrogen) atoms. The van der Waals surface area contributed by atoms with Gasteiger partial charge in [0, 0.05) is 17.4 Å². The second-order valence-corrected chi connectivity index (χ2v) is 8.76. The van der Waals surface area contributed by atoms with Crippen LogP contribution in [0.1, 0.15) is 26.4 Å². The van der Waals surface area contributed by atoms with Gasteiger partial charge >= 0.3 is 0 Å². The number of ether oxygens (including phenoxy) is 1. The highest BCUT2D eigenvalue weighted by Crippen LogP contribution is 2.20. The van der Waals surface area contributed by atoms with Gasteiger partial charge in [-0.25, -0.2) is 0 Å². The van der Waals surface area contributed by atoms with E-state index in [9.17, 15) is 4.79 Å². The number of amides is 1. The van der Waals surface area contributed by atoms with Gasteiger partial charge in [0.05, 0.1) is 22.1 Å². The third-order valence-electron chi connectivity index (χ3n) is 4.44. The lowest BCUT2D eigenvalue weighted by molar-refractivity contribution is 0.103. The second kappa shape index (κ2) is 9.28. The molecule has 1 amide bonds. The Morgan fingerprint density at radius 2 is 2.00 bits per heavy atom. The van der Waals surface area contributed by atoms with Crippen LogP contribution in [0.4, 0.5) is 5.69 Å². The first-order chi connectivity index (χ1) is 14.5. The van der Waals surface area contributed by atoms with Crippen molar-refractivity contribution in [2.75, 3.05) is 5.32 Å². The summed E-state index contributed by atoms with van der Waals surface area (Å²) in [5.74, 6) is 0.694. The first kappa shape index (κ1) is 20.4. The number of carbonyl (C=O) groups is 1. The number of aromatic nitrogens is 2. The smallest absolute Gasteiger partial charge is 0.265 e. The molecular formula is C23H20BrN3O2S. The maximum absolute atomic E-state index is 12.6. The SMILES string of the molecule is Cc1ccc(OCc2csc(C(=O)Nc3cccc(Cn4cc(Br)cn4)c3)c2)cc1. The van der Waals surface area contributed by atoms with Gasteiger partial charge in [0.25, 0.3) is 5.91 Å². The molecule has 4 rings (SSSR count). The third-order valence-corrected chi connectivity index (χ3v) is 5.82. The van der Waals surface area contributed by atoms with Crippen molar-refractivity contribution in [3.63, 3.8) is 0 Å². The molecule has 0 aliphatic carbocycles. The summed E-state index contributed by atoms with van der Waals surface area (Å²) in [6, 6.07) is 17.6. The summed E-state index contributed by atoms with van der Waals surface area (Å²) < 4.78 is 8.57. The molecule has 2 aromatic heterocycles. The predicted octanol–water partition coefficient (Wildman–Crippen LogP) is 5.90. The molecule has 0 aliphatic rings. The van der Waals surface area contributed by atoms with E-state index < -0.39 is 0 Å². The molecule has 0 radical (unpaired) electrons. The number of hydrogen-bond acceptors (Lipinski definition) is 4. The van der Waals surface area contributed by atoms with Gasteiger partial charge in [-0.05, 0) is 64.1 Å². The van der Waals surface area contributed by atoms with E-state index in [1.807, 2.05) is 77.8 Å². The van der Waals surface area contributed by atoms with Crippen molar-refractivity contribution in [2.24, 2.45) is 0 Å². The lowest BCUT2D eigenvalue weighted by Gasteiger charge is -2.07. The van der Waals surface area contributed by atoms with Crippen LogP contribution in [0.5, 0.6) is 5.75 Å². The highest BCUT2D eigenvalue weighted by atomic mass is 79.9. The van der Waals surface area contributed by atoms with Crippen LogP contribution >= 0.6 is 27.3 Å². The monoisotopic (exact) mass is 481 g/mol. The molecule has 7 heteroatoms. The Labute approximate surface area is 187 Å². The zero-order valence-corrected chi connectivity index (χ0v) is 18.7. The summed E-state index contributed by atoms with van der Waals surface area (Å²) in [7, 11) is 0. The topological polar surface area (TPSA) is 56.1 Å². The number of nitrogens with zero attached hydrogens (tertiary/aromatic N) is 2. The van der Waals surface area contributed by atoms with Crippen LogP contribution < -0.4 is 10.1 Å². The summed E-state index contributed by atoms with van der Waals surface area (Å²) >= 11 is 4.81. The Bertz CT molecular complexity index is 1150. The molecule has 2 aromatic carbocycles. The van der Waals surface area contributed by atoms with E-state index in [1.54, 1.807) is 6.20 Å². The minimum absolute atomic E-state index is 0.124. The standard InChI is InChI=1S/C23H20BrN3O2S/c1-16-5-7-21(8-6-16)29-14-18-10-22(30-15-18)23(28)26-20-4-2-3-17(9-20)12-27-13-19(24)11-25-27/h2-11,13,15H,12,14H2,1H3,(H,26,28). The average molecular weight is 482 g/mol. The number of aryl methyl sites for hydroxylation is 1. The molecule has 0 atom stereocenters. The summed E-state index contributed by atoms with van der Waals surface area (Å²) in [5.41, 5.74) is 3.98. The number of nitrogens with one attached hydrogen (secondary N) is 1. The molecule has 2 heterocycles. The minimum Gasteiger partial charge on any atom is -0.489 e. The van der Waals surface area contributed by atoms with Gasteiger partial charge in [-0.3, -0.25) is 9.48 Å². The van der Waals surface area contributed by atoms with E-state index in [-0.39, 0.29) is 5.91 Å². The summed E-state index contributed by atoms with van der Waals surface area (Å²) in [6.45, 7) is 3.11. The van der Waals surface area contributed by atoms with Gasteiger partial charge in [-0.2, -0.15) is 5.10 Å². The van der Waals surface area contributed by atoms with E-state index in [2.05, 4.69) is 26.3 Å². The van der Waals surface area contributed by atoms with Gasteiger partial charge in [-0.15, -0.1) is 11.3 Å². The van der Waals surface area contributed by atoms with Crippen LogP contribution in [0.2, 0.25) is 0 Å². The summed E-state index contributed by atoms with van der Waals surface area (Å²) in [5, 5.41) is 9.20. The van der Waals surface area contributed by atoms with Crippen molar-refractivity contribution in [1.82, 2.24) is 9.78 Å². The molecule has 0 fully saturated rings. The quantitative estimate of drug-likeness (QED) is 0.357. The molecule has 0 bridgehead atoms. The zero-order valence-electron chi connectivity index (χ0n) is 16.3. The fraction of sp³-hybridized carbons (Fsp3) is 0.130. The maximum atomic E-state index is 12.6. The van der Waals surface area contributed by atoms with Crippen molar-refractivity contribution >= 4 is 38.9 Å². The zero-order chi connectivity index (χ0) is 20.9. The Morgan fingerprint density at radius 3 is 2.77 bits per heavy atom.